The zero-order valence-electron chi connectivity index (χ0n) is 22.9. The number of carbonyl (C=O) groups is 4. The molecule has 2 aromatic rings. The molecule has 3 aliphatic rings. The van der Waals surface area contributed by atoms with E-state index in [1.165, 1.54) is 0 Å². The van der Waals surface area contributed by atoms with Crippen LogP contribution < -0.4 is 5.32 Å². The van der Waals surface area contributed by atoms with Gasteiger partial charge in [-0.2, -0.15) is 0 Å². The van der Waals surface area contributed by atoms with Gasteiger partial charge >= 0.3 is 0 Å². The molecule has 204 valence electrons. The molecule has 5 rings (SSSR count). The SMILES string of the molecule is CC1=C(C)[C@H]2[C@H](Cc3c[nH]c4ccccc34)NC(=O)[C@]23C(=O)CCC(=O)C(=O)/C(C)=C\[C@@H](C)C/C=C/[C@H]3[C@@H]1O. The number of hydrogen-bond donors (Lipinski definition) is 3. The van der Waals surface area contributed by atoms with Crippen molar-refractivity contribution in [1.29, 1.82) is 0 Å². The van der Waals surface area contributed by atoms with E-state index in [-0.39, 0.29) is 24.8 Å². The number of fused-ring (bicyclic) bond motifs is 1. The van der Waals surface area contributed by atoms with Crippen LogP contribution in [0.25, 0.3) is 10.9 Å². The molecule has 39 heavy (non-hydrogen) atoms. The molecule has 7 heteroatoms. The molecule has 0 saturated carbocycles. The first kappa shape index (κ1) is 27.0. The van der Waals surface area contributed by atoms with Gasteiger partial charge in [-0.1, -0.05) is 48.9 Å². The van der Waals surface area contributed by atoms with E-state index in [1.807, 2.05) is 63.4 Å². The molecular weight excluding hydrogens is 492 g/mol. The number of amides is 1. The molecule has 1 spiro atoms. The minimum Gasteiger partial charge on any atom is -0.388 e. The zero-order valence-corrected chi connectivity index (χ0v) is 22.9. The van der Waals surface area contributed by atoms with Crippen LogP contribution >= 0.6 is 0 Å². The number of ketones is 3. The third kappa shape index (κ3) is 4.33. The third-order valence-corrected chi connectivity index (χ3v) is 9.14. The molecule has 1 aromatic carbocycles. The molecule has 3 N–H and O–H groups in total. The number of aromatic nitrogens is 1. The van der Waals surface area contributed by atoms with Crippen LogP contribution in [0.1, 0.15) is 52.5 Å². The predicted molar refractivity (Wildman–Crippen MR) is 149 cm³/mol. The lowest BCUT2D eigenvalue weighted by Gasteiger charge is -2.46. The van der Waals surface area contributed by atoms with Crippen LogP contribution in [0.3, 0.4) is 0 Å². The fraction of sp³-hybridized carbons (Fsp3) is 0.438. The molecule has 0 radical (unpaired) electrons. The maximum absolute atomic E-state index is 14.2. The molecule has 6 atom stereocenters. The lowest BCUT2D eigenvalue weighted by Crippen LogP contribution is -2.55. The highest BCUT2D eigenvalue weighted by Crippen LogP contribution is 2.55. The molecule has 2 heterocycles. The van der Waals surface area contributed by atoms with Crippen molar-refractivity contribution in [3.8, 4) is 0 Å². The predicted octanol–water partition coefficient (Wildman–Crippen LogP) is 4.17. The van der Waals surface area contributed by atoms with Crippen LogP contribution in [0.2, 0.25) is 0 Å². The summed E-state index contributed by atoms with van der Waals surface area (Å²) in [7, 11) is 0. The number of H-pyrrole nitrogens is 1. The first-order chi connectivity index (χ1) is 18.6. The largest absolute Gasteiger partial charge is 0.388 e. The van der Waals surface area contributed by atoms with Crippen molar-refractivity contribution < 1.29 is 24.3 Å². The highest BCUT2D eigenvalue weighted by molar-refractivity contribution is 6.43. The van der Waals surface area contributed by atoms with Gasteiger partial charge in [0.1, 0.15) is 11.2 Å². The van der Waals surface area contributed by atoms with Gasteiger partial charge < -0.3 is 15.4 Å². The number of benzene rings is 1. The van der Waals surface area contributed by atoms with Crippen LogP contribution in [0, 0.1) is 23.2 Å². The molecule has 0 unspecified atom stereocenters. The van der Waals surface area contributed by atoms with Crippen molar-refractivity contribution in [1.82, 2.24) is 10.3 Å². The summed E-state index contributed by atoms with van der Waals surface area (Å²) in [6.45, 7) is 7.33. The van der Waals surface area contributed by atoms with Crippen LogP contribution in [0.5, 0.6) is 0 Å². The highest BCUT2D eigenvalue weighted by atomic mass is 16.3. The van der Waals surface area contributed by atoms with E-state index in [9.17, 15) is 24.3 Å². The number of hydrogen-bond acceptors (Lipinski definition) is 5. The molecule has 1 aromatic heterocycles. The summed E-state index contributed by atoms with van der Waals surface area (Å²) in [5.41, 5.74) is 2.41. The monoisotopic (exact) mass is 528 g/mol. The Kier molecular flexibility index (Phi) is 7.06. The van der Waals surface area contributed by atoms with Crippen molar-refractivity contribution in [2.75, 3.05) is 0 Å². The standard InChI is InChI=1S/C32H36N2O5/c1-17-8-7-10-23-30(38)20(4)19(3)28-25(15-21-16-33-24-11-6-5-9-22(21)24)34-31(39)32(23,28)27(36)13-12-26(35)29(37)18(2)14-17/h5-7,9-11,14,16-17,23,25,28,30,33,38H,8,12-13,15H2,1-4H3,(H,34,39)/b10-7+,18-14-/t17-,23-,25-,28-,30+,32+/m0/s1. The number of aliphatic hydroxyl groups excluding tert-OH is 1. The van der Waals surface area contributed by atoms with E-state index in [2.05, 4.69) is 10.3 Å². The summed E-state index contributed by atoms with van der Waals surface area (Å²) in [4.78, 5) is 57.0. The topological polar surface area (TPSA) is 116 Å². The summed E-state index contributed by atoms with van der Waals surface area (Å²) in [5, 5.41) is 15.7. The second-order valence-corrected chi connectivity index (χ2v) is 11.5. The van der Waals surface area contributed by atoms with E-state index in [0.717, 1.165) is 27.6 Å². The Bertz CT molecular complexity index is 1460. The van der Waals surface area contributed by atoms with Gasteiger partial charge in [-0.05, 0) is 62.3 Å². The zero-order chi connectivity index (χ0) is 28.1. The number of allylic oxidation sites excluding steroid dienone is 3. The molecular formula is C32H36N2O5. The summed E-state index contributed by atoms with van der Waals surface area (Å²) in [6, 6.07) is 7.57. The Morgan fingerprint density at radius 2 is 1.77 bits per heavy atom. The smallest absolute Gasteiger partial charge is 0.235 e. The van der Waals surface area contributed by atoms with Gasteiger partial charge in [-0.15, -0.1) is 0 Å². The number of aliphatic hydroxyl groups is 1. The quantitative estimate of drug-likeness (QED) is 0.307. The van der Waals surface area contributed by atoms with Crippen molar-refractivity contribution >= 4 is 34.2 Å². The van der Waals surface area contributed by atoms with E-state index >= 15 is 0 Å². The molecule has 1 fully saturated rings. The molecule has 1 saturated heterocycles. The minimum atomic E-state index is -1.57. The Morgan fingerprint density at radius 3 is 2.54 bits per heavy atom. The van der Waals surface area contributed by atoms with Crippen LogP contribution in [0.4, 0.5) is 0 Å². The van der Waals surface area contributed by atoms with E-state index < -0.39 is 46.6 Å². The minimum absolute atomic E-state index is 0.0349. The van der Waals surface area contributed by atoms with Gasteiger partial charge in [0.05, 0.1) is 6.10 Å². The van der Waals surface area contributed by atoms with Gasteiger partial charge in [-0.3, -0.25) is 19.2 Å². The second-order valence-electron chi connectivity index (χ2n) is 11.5. The lowest BCUT2D eigenvalue weighted by molar-refractivity contribution is -0.148. The van der Waals surface area contributed by atoms with Crippen molar-refractivity contribution in [3.05, 3.63) is 71.0 Å². The van der Waals surface area contributed by atoms with E-state index in [1.54, 1.807) is 13.0 Å². The lowest BCUT2D eigenvalue weighted by atomic mass is 9.54. The van der Waals surface area contributed by atoms with Gasteiger partial charge in [0.15, 0.2) is 0 Å². The van der Waals surface area contributed by atoms with Gasteiger partial charge in [-0.25, -0.2) is 0 Å². The number of rotatable bonds is 2. The third-order valence-electron chi connectivity index (χ3n) is 9.14. The number of aromatic amines is 1. The van der Waals surface area contributed by atoms with E-state index in [0.29, 0.717) is 18.4 Å². The average Bonchev–Trinajstić information content (AvgIpc) is 3.45. The Hall–Kier alpha value is -3.58. The average molecular weight is 529 g/mol. The molecule has 1 amide bonds. The number of para-hydroxylation sites is 1. The fourth-order valence-corrected chi connectivity index (χ4v) is 7.06. The molecule has 0 bridgehead atoms. The van der Waals surface area contributed by atoms with E-state index in [4.69, 9.17) is 0 Å². The molecule has 1 aliphatic heterocycles. The van der Waals surface area contributed by atoms with Gasteiger partial charge in [0.25, 0.3) is 0 Å². The Balaban J connectivity index is 1.62. The highest BCUT2D eigenvalue weighted by Gasteiger charge is 2.66. The van der Waals surface area contributed by atoms with Crippen molar-refractivity contribution in [2.45, 2.75) is 65.5 Å². The first-order valence-electron chi connectivity index (χ1n) is 13.7. The maximum Gasteiger partial charge on any atom is 0.235 e. The van der Waals surface area contributed by atoms with Crippen molar-refractivity contribution in [3.63, 3.8) is 0 Å². The maximum atomic E-state index is 14.2. The normalized spacial score (nSPS) is 34.4. The van der Waals surface area contributed by atoms with Crippen LogP contribution in [-0.2, 0) is 25.6 Å². The van der Waals surface area contributed by atoms with Gasteiger partial charge in [0, 0.05) is 47.8 Å². The Labute approximate surface area is 228 Å². The molecule has 2 aliphatic carbocycles. The van der Waals surface area contributed by atoms with Crippen LogP contribution in [0.15, 0.2) is 65.4 Å². The summed E-state index contributed by atoms with van der Waals surface area (Å²) in [5.74, 6) is -3.36. The summed E-state index contributed by atoms with van der Waals surface area (Å²) >= 11 is 0. The summed E-state index contributed by atoms with van der Waals surface area (Å²) < 4.78 is 0. The number of carbonyl (C=O) groups excluding carboxylic acids is 4. The Morgan fingerprint density at radius 1 is 1.03 bits per heavy atom. The number of Topliss-reactive ketones (excluding diaryl/α,β-unsaturated/α-hetero) is 3. The molecule has 7 nitrogen and oxygen atoms in total. The summed E-state index contributed by atoms with van der Waals surface area (Å²) in [6.07, 6.45) is 6.96. The van der Waals surface area contributed by atoms with Crippen molar-refractivity contribution in [2.24, 2.45) is 23.2 Å². The second kappa shape index (κ2) is 10.2. The fourth-order valence-electron chi connectivity index (χ4n) is 7.06. The number of nitrogens with one attached hydrogen (secondary N) is 2. The first-order valence-corrected chi connectivity index (χ1v) is 13.7. The van der Waals surface area contributed by atoms with Crippen LogP contribution in [-0.4, -0.2) is 45.5 Å². The van der Waals surface area contributed by atoms with Gasteiger partial charge in [0.2, 0.25) is 17.5 Å².